The van der Waals surface area contributed by atoms with Crippen LogP contribution in [0.2, 0.25) is 0 Å². The Labute approximate surface area is 180 Å². The van der Waals surface area contributed by atoms with E-state index < -0.39 is 17.6 Å². The van der Waals surface area contributed by atoms with Gasteiger partial charge in [-0.1, -0.05) is 24.3 Å². The molecule has 0 atom stereocenters. The van der Waals surface area contributed by atoms with Crippen molar-refractivity contribution >= 4 is 29.7 Å². The number of carbonyl (C=O) groups excluding carboxylic acids is 3. The maximum Gasteiger partial charge on any atom is 0.408 e. The number of nitrogens with one attached hydrogen (secondary N) is 3. The highest BCUT2D eigenvalue weighted by Gasteiger charge is 2.16. The van der Waals surface area contributed by atoms with Crippen molar-refractivity contribution < 1.29 is 23.5 Å². The number of halogens is 1. The van der Waals surface area contributed by atoms with Crippen molar-refractivity contribution in [1.29, 1.82) is 0 Å². The van der Waals surface area contributed by atoms with E-state index in [4.69, 9.17) is 4.74 Å². The molecule has 164 valence electrons. The smallest absolute Gasteiger partial charge is 0.408 e. The molecule has 0 saturated carbocycles. The van der Waals surface area contributed by atoms with Gasteiger partial charge in [-0.15, -0.1) is 0 Å². The lowest BCUT2D eigenvalue weighted by Gasteiger charge is -2.19. The van der Waals surface area contributed by atoms with Gasteiger partial charge in [0, 0.05) is 18.3 Å². The third kappa shape index (κ3) is 9.58. The van der Waals surface area contributed by atoms with Crippen molar-refractivity contribution in [2.45, 2.75) is 32.9 Å². The van der Waals surface area contributed by atoms with Gasteiger partial charge >= 0.3 is 6.09 Å². The van der Waals surface area contributed by atoms with E-state index in [1.807, 2.05) is 0 Å². The summed E-state index contributed by atoms with van der Waals surface area (Å²) >= 11 is 0. The van der Waals surface area contributed by atoms with Crippen LogP contribution >= 0.6 is 0 Å². The van der Waals surface area contributed by atoms with E-state index in [1.54, 1.807) is 57.2 Å². The van der Waals surface area contributed by atoms with E-state index in [-0.39, 0.29) is 18.3 Å². The molecule has 31 heavy (non-hydrogen) atoms. The van der Waals surface area contributed by atoms with Crippen LogP contribution in [-0.2, 0) is 20.9 Å². The maximum atomic E-state index is 13.1. The average molecular weight is 427 g/mol. The Kier molecular flexibility index (Phi) is 8.31. The minimum absolute atomic E-state index is 0.218. The predicted octanol–water partition coefficient (Wildman–Crippen LogP) is 3.62. The zero-order valence-corrected chi connectivity index (χ0v) is 17.7. The molecule has 0 aliphatic heterocycles. The third-order valence-corrected chi connectivity index (χ3v) is 3.77. The third-order valence-electron chi connectivity index (χ3n) is 3.77. The molecule has 0 spiro atoms. The van der Waals surface area contributed by atoms with Gasteiger partial charge in [0.1, 0.15) is 18.0 Å². The fourth-order valence-corrected chi connectivity index (χ4v) is 2.41. The van der Waals surface area contributed by atoms with Gasteiger partial charge in [-0.2, -0.15) is 0 Å². The quantitative estimate of drug-likeness (QED) is 0.588. The highest BCUT2D eigenvalue weighted by atomic mass is 19.1. The van der Waals surface area contributed by atoms with E-state index >= 15 is 0 Å². The summed E-state index contributed by atoms with van der Waals surface area (Å²) < 4.78 is 18.2. The van der Waals surface area contributed by atoms with E-state index in [2.05, 4.69) is 16.0 Å². The summed E-state index contributed by atoms with van der Waals surface area (Å²) in [6.07, 6.45) is 2.20. The second-order valence-corrected chi connectivity index (χ2v) is 7.71. The second kappa shape index (κ2) is 10.9. The molecular formula is C23H26FN3O4. The van der Waals surface area contributed by atoms with E-state index in [9.17, 15) is 18.8 Å². The molecule has 0 aliphatic carbocycles. The zero-order chi connectivity index (χ0) is 22.9. The lowest BCUT2D eigenvalue weighted by atomic mass is 10.2. The number of amides is 3. The molecule has 0 unspecified atom stereocenters. The summed E-state index contributed by atoms with van der Waals surface area (Å²) in [6, 6.07) is 12.8. The SMILES string of the molecule is CC(C)(C)OC(=O)NCC(=O)Nc1ccc(CNC(=O)/C=C/c2cccc(F)c2)cc1. The first-order valence-electron chi connectivity index (χ1n) is 9.68. The topological polar surface area (TPSA) is 96.5 Å². The normalized spacial score (nSPS) is 11.1. The summed E-state index contributed by atoms with van der Waals surface area (Å²) in [7, 11) is 0. The van der Waals surface area contributed by atoms with Crippen molar-refractivity contribution in [3.63, 3.8) is 0 Å². The summed E-state index contributed by atoms with van der Waals surface area (Å²) in [5, 5.41) is 7.77. The molecule has 3 N–H and O–H groups in total. The molecule has 0 aliphatic rings. The van der Waals surface area contributed by atoms with Crippen LogP contribution in [0.15, 0.2) is 54.6 Å². The van der Waals surface area contributed by atoms with Crippen LogP contribution < -0.4 is 16.0 Å². The molecule has 0 fully saturated rings. The summed E-state index contributed by atoms with van der Waals surface area (Å²) in [4.78, 5) is 35.4. The number of benzene rings is 2. The van der Waals surface area contributed by atoms with Crippen molar-refractivity contribution in [3.8, 4) is 0 Å². The molecule has 0 saturated heterocycles. The minimum atomic E-state index is -0.666. The maximum absolute atomic E-state index is 13.1. The Hall–Kier alpha value is -3.68. The number of hydrogen-bond acceptors (Lipinski definition) is 4. The Morgan fingerprint density at radius 1 is 1.03 bits per heavy atom. The van der Waals surface area contributed by atoms with Crippen LogP contribution in [0.5, 0.6) is 0 Å². The van der Waals surface area contributed by atoms with Gasteiger partial charge in [0.15, 0.2) is 0 Å². The van der Waals surface area contributed by atoms with Gasteiger partial charge in [0.05, 0.1) is 0 Å². The lowest BCUT2D eigenvalue weighted by molar-refractivity contribution is -0.117. The number of carbonyl (C=O) groups is 3. The highest BCUT2D eigenvalue weighted by molar-refractivity contribution is 5.94. The number of alkyl carbamates (subject to hydrolysis) is 1. The largest absolute Gasteiger partial charge is 0.444 e. The van der Waals surface area contributed by atoms with E-state index in [1.165, 1.54) is 24.3 Å². The Balaban J connectivity index is 1.75. The molecule has 8 heteroatoms. The molecule has 2 rings (SSSR count). The van der Waals surface area contributed by atoms with Crippen LogP contribution in [0.4, 0.5) is 14.9 Å². The lowest BCUT2D eigenvalue weighted by Crippen LogP contribution is -2.37. The van der Waals surface area contributed by atoms with Crippen molar-refractivity contribution in [3.05, 3.63) is 71.6 Å². The first-order chi connectivity index (χ1) is 14.6. The number of rotatable bonds is 7. The Bertz CT molecular complexity index is 950. The van der Waals surface area contributed by atoms with Crippen molar-refractivity contribution in [2.75, 3.05) is 11.9 Å². The second-order valence-electron chi connectivity index (χ2n) is 7.71. The van der Waals surface area contributed by atoms with Crippen LogP contribution in [0.25, 0.3) is 6.08 Å². The number of anilines is 1. The van der Waals surface area contributed by atoms with Gasteiger partial charge < -0.3 is 20.7 Å². The molecule has 7 nitrogen and oxygen atoms in total. The predicted molar refractivity (Wildman–Crippen MR) is 117 cm³/mol. The van der Waals surface area contributed by atoms with E-state index in [0.717, 1.165) is 5.56 Å². The Morgan fingerprint density at radius 2 is 1.74 bits per heavy atom. The first kappa shape index (κ1) is 23.6. The standard InChI is InChI=1S/C23H26FN3O4/c1-23(2,3)31-22(30)26-15-21(29)27-19-10-7-17(8-11-19)14-25-20(28)12-9-16-5-4-6-18(24)13-16/h4-13H,14-15H2,1-3H3,(H,25,28)(H,26,30)(H,27,29)/b12-9+. The molecule has 0 aromatic heterocycles. The van der Waals surface area contributed by atoms with Crippen LogP contribution in [0.3, 0.4) is 0 Å². The molecule has 0 bridgehead atoms. The van der Waals surface area contributed by atoms with Gasteiger partial charge in [-0.3, -0.25) is 9.59 Å². The highest BCUT2D eigenvalue weighted by Crippen LogP contribution is 2.10. The number of hydrogen-bond donors (Lipinski definition) is 3. The zero-order valence-electron chi connectivity index (χ0n) is 17.7. The van der Waals surface area contributed by atoms with Crippen molar-refractivity contribution in [1.82, 2.24) is 10.6 Å². The fourth-order valence-electron chi connectivity index (χ4n) is 2.41. The van der Waals surface area contributed by atoms with Gasteiger partial charge in [-0.25, -0.2) is 9.18 Å². The molecule has 3 amide bonds. The molecule has 2 aromatic rings. The average Bonchev–Trinajstić information content (AvgIpc) is 2.69. The molecule has 0 radical (unpaired) electrons. The first-order valence-corrected chi connectivity index (χ1v) is 9.68. The summed E-state index contributed by atoms with van der Waals surface area (Å²) in [6.45, 7) is 5.27. The number of ether oxygens (including phenoxy) is 1. The van der Waals surface area contributed by atoms with Gasteiger partial charge in [0.25, 0.3) is 0 Å². The van der Waals surface area contributed by atoms with Crippen LogP contribution in [-0.4, -0.2) is 30.1 Å². The van der Waals surface area contributed by atoms with Gasteiger partial charge in [0.2, 0.25) is 11.8 Å². The van der Waals surface area contributed by atoms with Crippen molar-refractivity contribution in [2.24, 2.45) is 0 Å². The fraction of sp³-hybridized carbons (Fsp3) is 0.261. The monoisotopic (exact) mass is 427 g/mol. The van der Waals surface area contributed by atoms with E-state index in [0.29, 0.717) is 17.8 Å². The summed E-state index contributed by atoms with van der Waals surface area (Å²) in [5.74, 6) is -1.07. The van der Waals surface area contributed by atoms with Crippen LogP contribution in [0.1, 0.15) is 31.9 Å². The van der Waals surface area contributed by atoms with Crippen LogP contribution in [0, 0.1) is 5.82 Å². The summed E-state index contributed by atoms with van der Waals surface area (Å²) in [5.41, 5.74) is 1.34. The molecule has 2 aromatic carbocycles. The van der Waals surface area contributed by atoms with Gasteiger partial charge in [-0.05, 0) is 62.2 Å². The molecular weight excluding hydrogens is 401 g/mol. The molecule has 0 heterocycles. The Morgan fingerprint density at radius 3 is 2.39 bits per heavy atom. The minimum Gasteiger partial charge on any atom is -0.444 e.